The molecule has 2 heterocycles. The third kappa shape index (κ3) is 2.19. The number of nitrogens with one attached hydrogen (secondary N) is 1. The molecule has 0 radical (unpaired) electrons. The zero-order valence-electron chi connectivity index (χ0n) is 9.21. The van der Waals surface area contributed by atoms with Crippen LogP contribution in [0.4, 0.5) is 0 Å². The normalized spacial score (nSPS) is 23.1. The number of hydrogen-bond acceptors (Lipinski definition) is 4. The highest BCUT2D eigenvalue weighted by Crippen LogP contribution is 2.20. The van der Waals surface area contributed by atoms with Gasteiger partial charge in [-0.3, -0.25) is 9.91 Å². The van der Waals surface area contributed by atoms with Crippen molar-refractivity contribution in [3.05, 3.63) is 12.0 Å². The maximum absolute atomic E-state index is 5.06. The summed E-state index contributed by atoms with van der Waals surface area (Å²) in [6, 6.07) is 0. The fourth-order valence-corrected chi connectivity index (χ4v) is 1.95. The van der Waals surface area contributed by atoms with Crippen LogP contribution in [0.25, 0.3) is 0 Å². The molecule has 1 fully saturated rings. The number of fused-ring (bicyclic) bond motifs is 1. The van der Waals surface area contributed by atoms with Crippen molar-refractivity contribution in [2.75, 3.05) is 26.2 Å². The first-order valence-electron chi connectivity index (χ1n) is 5.15. The van der Waals surface area contributed by atoms with Crippen LogP contribution in [0, 0.1) is 5.41 Å². The standard InChI is InChI=1S/C10H19N3O/c1-10(2,3)8-12-4-5-13-9(6-12)7-14-11-13/h7,11H,4-6,8H2,1-3H3. The molecule has 0 aliphatic carbocycles. The Morgan fingerprint density at radius 3 is 2.93 bits per heavy atom. The summed E-state index contributed by atoms with van der Waals surface area (Å²) in [5.41, 5.74) is 4.46. The van der Waals surface area contributed by atoms with E-state index in [-0.39, 0.29) is 0 Å². The number of nitrogens with zero attached hydrogens (tertiary/aromatic N) is 2. The van der Waals surface area contributed by atoms with E-state index in [0.717, 1.165) is 26.2 Å². The van der Waals surface area contributed by atoms with Crippen LogP contribution < -0.4 is 5.59 Å². The van der Waals surface area contributed by atoms with E-state index in [2.05, 4.69) is 36.3 Å². The molecule has 0 aromatic heterocycles. The summed E-state index contributed by atoms with van der Waals surface area (Å²) in [6.07, 6.45) is 1.80. The van der Waals surface area contributed by atoms with Gasteiger partial charge in [0, 0.05) is 19.6 Å². The molecular weight excluding hydrogens is 178 g/mol. The Hall–Kier alpha value is -0.740. The van der Waals surface area contributed by atoms with E-state index in [1.165, 1.54) is 5.70 Å². The Labute approximate surface area is 85.4 Å². The average Bonchev–Trinajstić information content (AvgIpc) is 2.47. The van der Waals surface area contributed by atoms with E-state index in [9.17, 15) is 0 Å². The van der Waals surface area contributed by atoms with Gasteiger partial charge in [0.2, 0.25) is 0 Å². The van der Waals surface area contributed by atoms with Crippen molar-refractivity contribution >= 4 is 0 Å². The van der Waals surface area contributed by atoms with Gasteiger partial charge in [-0.1, -0.05) is 26.4 Å². The van der Waals surface area contributed by atoms with Crippen molar-refractivity contribution in [1.82, 2.24) is 15.5 Å². The third-order valence-electron chi connectivity index (χ3n) is 2.43. The van der Waals surface area contributed by atoms with Gasteiger partial charge < -0.3 is 4.84 Å². The number of hydrazine groups is 1. The quantitative estimate of drug-likeness (QED) is 0.677. The molecule has 4 nitrogen and oxygen atoms in total. The lowest BCUT2D eigenvalue weighted by Gasteiger charge is -2.36. The highest BCUT2D eigenvalue weighted by molar-refractivity contribution is 5.04. The van der Waals surface area contributed by atoms with Crippen LogP contribution in [0.15, 0.2) is 12.0 Å². The minimum Gasteiger partial charge on any atom is -0.395 e. The number of rotatable bonds is 1. The predicted octanol–water partition coefficient (Wildman–Crippen LogP) is 0.941. The molecule has 0 aromatic rings. The van der Waals surface area contributed by atoms with E-state index < -0.39 is 0 Å². The lowest BCUT2D eigenvalue weighted by Crippen LogP contribution is -2.48. The molecule has 0 saturated carbocycles. The molecule has 0 atom stereocenters. The van der Waals surface area contributed by atoms with Crippen LogP contribution in [-0.2, 0) is 4.84 Å². The van der Waals surface area contributed by atoms with Gasteiger partial charge in [-0.05, 0) is 5.41 Å². The summed E-state index contributed by atoms with van der Waals surface area (Å²) in [5, 5.41) is 2.07. The molecule has 1 N–H and O–H groups in total. The molecular formula is C10H19N3O. The molecule has 80 valence electrons. The van der Waals surface area contributed by atoms with E-state index in [1.807, 2.05) is 0 Å². The minimum atomic E-state index is 0.371. The summed E-state index contributed by atoms with van der Waals surface area (Å²) in [7, 11) is 0. The largest absolute Gasteiger partial charge is 0.395 e. The number of piperazine rings is 1. The Morgan fingerprint density at radius 1 is 1.43 bits per heavy atom. The fourth-order valence-electron chi connectivity index (χ4n) is 1.95. The fraction of sp³-hybridized carbons (Fsp3) is 0.800. The Balaban J connectivity index is 1.91. The first-order valence-corrected chi connectivity index (χ1v) is 5.15. The SMILES string of the molecule is CC(C)(C)CN1CCN2NOC=C2C1. The highest BCUT2D eigenvalue weighted by atomic mass is 16.7. The zero-order valence-corrected chi connectivity index (χ0v) is 9.21. The van der Waals surface area contributed by atoms with E-state index in [1.54, 1.807) is 6.26 Å². The van der Waals surface area contributed by atoms with E-state index in [4.69, 9.17) is 4.84 Å². The maximum Gasteiger partial charge on any atom is 0.135 e. The first-order chi connectivity index (χ1) is 6.54. The Morgan fingerprint density at radius 2 is 2.21 bits per heavy atom. The average molecular weight is 197 g/mol. The van der Waals surface area contributed by atoms with Gasteiger partial charge >= 0.3 is 0 Å². The smallest absolute Gasteiger partial charge is 0.135 e. The van der Waals surface area contributed by atoms with Gasteiger partial charge in [0.25, 0.3) is 0 Å². The van der Waals surface area contributed by atoms with Crippen LogP contribution in [0.1, 0.15) is 20.8 Å². The molecule has 0 amide bonds. The summed E-state index contributed by atoms with van der Waals surface area (Å²) in [6.45, 7) is 11.1. The molecule has 4 heteroatoms. The van der Waals surface area contributed by atoms with Crippen molar-refractivity contribution in [3.8, 4) is 0 Å². The molecule has 0 unspecified atom stereocenters. The van der Waals surface area contributed by atoms with Crippen LogP contribution in [0.3, 0.4) is 0 Å². The minimum absolute atomic E-state index is 0.371. The predicted molar refractivity (Wildman–Crippen MR) is 54.9 cm³/mol. The summed E-state index contributed by atoms with van der Waals surface area (Å²) in [5.74, 6) is 0. The van der Waals surface area contributed by atoms with Gasteiger partial charge in [-0.2, -0.15) is 0 Å². The van der Waals surface area contributed by atoms with Crippen molar-refractivity contribution in [3.63, 3.8) is 0 Å². The summed E-state index contributed by atoms with van der Waals surface area (Å²) >= 11 is 0. The summed E-state index contributed by atoms with van der Waals surface area (Å²) < 4.78 is 0. The maximum atomic E-state index is 5.06. The van der Waals surface area contributed by atoms with Gasteiger partial charge in [0.05, 0.1) is 12.2 Å². The lowest BCUT2D eigenvalue weighted by molar-refractivity contribution is 0.00880. The second kappa shape index (κ2) is 3.44. The van der Waals surface area contributed by atoms with E-state index in [0.29, 0.717) is 5.41 Å². The van der Waals surface area contributed by atoms with Crippen LogP contribution >= 0.6 is 0 Å². The first kappa shape index (κ1) is 9.80. The van der Waals surface area contributed by atoms with E-state index >= 15 is 0 Å². The van der Waals surface area contributed by atoms with Crippen molar-refractivity contribution < 1.29 is 4.84 Å². The monoisotopic (exact) mass is 197 g/mol. The van der Waals surface area contributed by atoms with Gasteiger partial charge in [0.15, 0.2) is 0 Å². The van der Waals surface area contributed by atoms with Crippen molar-refractivity contribution in [1.29, 1.82) is 0 Å². The van der Waals surface area contributed by atoms with Crippen LogP contribution in [-0.4, -0.2) is 36.1 Å². The molecule has 14 heavy (non-hydrogen) atoms. The third-order valence-corrected chi connectivity index (χ3v) is 2.43. The van der Waals surface area contributed by atoms with Gasteiger partial charge in [-0.15, -0.1) is 0 Å². The highest BCUT2D eigenvalue weighted by Gasteiger charge is 2.27. The summed E-state index contributed by atoms with van der Waals surface area (Å²) in [4.78, 5) is 7.53. The second-order valence-corrected chi connectivity index (χ2v) is 5.24. The molecule has 0 spiro atoms. The zero-order chi connectivity index (χ0) is 10.2. The number of hydrogen-bond donors (Lipinski definition) is 1. The molecule has 2 aliphatic rings. The van der Waals surface area contributed by atoms with Crippen molar-refractivity contribution in [2.45, 2.75) is 20.8 Å². The Kier molecular flexibility index (Phi) is 2.41. The van der Waals surface area contributed by atoms with Crippen LogP contribution in [0.2, 0.25) is 0 Å². The second-order valence-electron chi connectivity index (χ2n) is 5.24. The van der Waals surface area contributed by atoms with Crippen molar-refractivity contribution in [2.24, 2.45) is 5.41 Å². The topological polar surface area (TPSA) is 27.7 Å². The molecule has 1 saturated heterocycles. The molecule has 0 aromatic carbocycles. The molecule has 2 rings (SSSR count). The lowest BCUT2D eigenvalue weighted by atomic mass is 9.95. The van der Waals surface area contributed by atoms with Crippen LogP contribution in [0.5, 0.6) is 0 Å². The molecule has 0 bridgehead atoms. The van der Waals surface area contributed by atoms with Gasteiger partial charge in [0.1, 0.15) is 6.26 Å². The molecule has 2 aliphatic heterocycles. The Bertz CT molecular complexity index is 244. The van der Waals surface area contributed by atoms with Gasteiger partial charge in [-0.25, -0.2) is 0 Å².